The molecule has 1 N–H and O–H groups in total. The zero-order valence-electron chi connectivity index (χ0n) is 14.4. The van der Waals surface area contributed by atoms with Crippen molar-refractivity contribution in [3.8, 4) is 11.5 Å². The Kier molecular flexibility index (Phi) is 5.25. The molecule has 2 aromatic carbocycles. The fraction of sp³-hybridized carbons (Fsp3) is 0.263. The molecule has 0 radical (unpaired) electrons. The lowest BCUT2D eigenvalue weighted by Gasteiger charge is -2.29. The molecule has 1 aliphatic rings. The van der Waals surface area contributed by atoms with E-state index in [1.165, 1.54) is 25.3 Å². The molecule has 142 valence electrons. The van der Waals surface area contributed by atoms with Crippen LogP contribution in [-0.2, 0) is 13.0 Å². The normalized spacial score (nSPS) is 13.3. The smallest absolute Gasteiger partial charge is 0.387 e. The predicted molar refractivity (Wildman–Crippen MR) is 91.5 cm³/mol. The van der Waals surface area contributed by atoms with Crippen molar-refractivity contribution in [2.75, 3.05) is 13.7 Å². The summed E-state index contributed by atoms with van der Waals surface area (Å²) >= 11 is 0. The summed E-state index contributed by atoms with van der Waals surface area (Å²) in [4.78, 5) is 25.5. The second kappa shape index (κ2) is 7.61. The van der Waals surface area contributed by atoms with Crippen molar-refractivity contribution in [3.05, 3.63) is 58.7 Å². The number of hydrogen-bond donors (Lipinski definition) is 1. The largest absolute Gasteiger partial charge is 0.493 e. The number of carbonyl (C=O) groups is 2. The van der Waals surface area contributed by atoms with Gasteiger partial charge in [0.2, 0.25) is 0 Å². The average molecular weight is 377 g/mol. The molecule has 0 saturated heterocycles. The summed E-state index contributed by atoms with van der Waals surface area (Å²) in [7, 11) is 1.30. The molecule has 1 aliphatic heterocycles. The van der Waals surface area contributed by atoms with E-state index in [-0.39, 0.29) is 35.1 Å². The van der Waals surface area contributed by atoms with Crippen LogP contribution in [0.3, 0.4) is 0 Å². The van der Waals surface area contributed by atoms with E-state index < -0.39 is 12.6 Å². The molecular weight excluding hydrogens is 360 g/mol. The minimum Gasteiger partial charge on any atom is -0.493 e. The molecule has 1 amide bonds. The van der Waals surface area contributed by atoms with Crippen LogP contribution in [0.2, 0.25) is 0 Å². The number of benzene rings is 2. The lowest BCUT2D eigenvalue weighted by Crippen LogP contribution is -2.36. The van der Waals surface area contributed by atoms with Crippen molar-refractivity contribution in [3.63, 3.8) is 0 Å². The Bertz CT molecular complexity index is 884. The van der Waals surface area contributed by atoms with Crippen LogP contribution in [0.25, 0.3) is 0 Å². The predicted octanol–water partition coefficient (Wildman–Crippen LogP) is 3.19. The molecule has 0 bridgehead atoms. The van der Waals surface area contributed by atoms with Gasteiger partial charge in [-0.05, 0) is 47.9 Å². The summed E-state index contributed by atoms with van der Waals surface area (Å²) in [6.07, 6.45) is 0.602. The Labute approximate surface area is 153 Å². The molecule has 6 nitrogen and oxygen atoms in total. The van der Waals surface area contributed by atoms with E-state index >= 15 is 0 Å². The number of amides is 1. The summed E-state index contributed by atoms with van der Waals surface area (Å²) in [5.74, 6) is -1.45. The van der Waals surface area contributed by atoms with Crippen molar-refractivity contribution in [1.29, 1.82) is 0 Å². The molecule has 0 fully saturated rings. The van der Waals surface area contributed by atoms with Gasteiger partial charge < -0.3 is 19.5 Å². The van der Waals surface area contributed by atoms with E-state index in [0.29, 0.717) is 13.0 Å². The molecule has 0 spiro atoms. The fourth-order valence-electron chi connectivity index (χ4n) is 3.04. The zero-order chi connectivity index (χ0) is 19.6. The fourth-order valence-corrected chi connectivity index (χ4v) is 3.04. The van der Waals surface area contributed by atoms with Crippen LogP contribution in [-0.4, -0.2) is 42.1 Å². The van der Waals surface area contributed by atoms with Crippen molar-refractivity contribution < 1.29 is 33.0 Å². The number of alkyl halides is 2. The highest BCUT2D eigenvalue weighted by Crippen LogP contribution is 2.30. The molecule has 0 saturated carbocycles. The number of carboxylic acids is 1. The van der Waals surface area contributed by atoms with Gasteiger partial charge in [0.1, 0.15) is 0 Å². The van der Waals surface area contributed by atoms with Gasteiger partial charge in [0, 0.05) is 18.7 Å². The number of halogens is 2. The molecule has 8 heteroatoms. The molecule has 0 aliphatic carbocycles. The number of hydrogen-bond acceptors (Lipinski definition) is 4. The second-order valence-corrected chi connectivity index (χ2v) is 6.01. The van der Waals surface area contributed by atoms with Crippen LogP contribution in [0.5, 0.6) is 11.5 Å². The SMILES string of the molecule is COc1cc(C(=O)N2CCc3ccc(C(=O)O)cc3C2)ccc1OC(F)F. The van der Waals surface area contributed by atoms with E-state index in [4.69, 9.17) is 9.84 Å². The topological polar surface area (TPSA) is 76.1 Å². The standard InChI is InChI=1S/C19H17F2NO5/c1-26-16-9-12(4-5-15(16)27-19(20)21)17(23)22-7-6-11-2-3-13(18(24)25)8-14(11)10-22/h2-5,8-9,19H,6-7,10H2,1H3,(H,24,25). The maximum atomic E-state index is 12.8. The number of aromatic carboxylic acids is 1. The number of methoxy groups -OCH3 is 1. The number of nitrogens with zero attached hydrogens (tertiary/aromatic N) is 1. The van der Waals surface area contributed by atoms with Gasteiger partial charge in [-0.1, -0.05) is 6.07 Å². The van der Waals surface area contributed by atoms with E-state index in [1.54, 1.807) is 23.1 Å². The van der Waals surface area contributed by atoms with Gasteiger partial charge in [-0.15, -0.1) is 0 Å². The van der Waals surface area contributed by atoms with Crippen molar-refractivity contribution >= 4 is 11.9 Å². The van der Waals surface area contributed by atoms with Gasteiger partial charge in [0.05, 0.1) is 12.7 Å². The summed E-state index contributed by atoms with van der Waals surface area (Å²) < 4.78 is 34.2. The van der Waals surface area contributed by atoms with Gasteiger partial charge in [-0.2, -0.15) is 8.78 Å². The monoisotopic (exact) mass is 377 g/mol. The van der Waals surface area contributed by atoms with Gasteiger partial charge in [0.15, 0.2) is 11.5 Å². The first-order valence-electron chi connectivity index (χ1n) is 8.16. The number of rotatable bonds is 5. The Morgan fingerprint density at radius 2 is 1.81 bits per heavy atom. The second-order valence-electron chi connectivity index (χ2n) is 6.01. The maximum absolute atomic E-state index is 12.8. The highest BCUT2D eigenvalue weighted by molar-refractivity contribution is 5.95. The molecular formula is C19H17F2NO5. The van der Waals surface area contributed by atoms with E-state index in [0.717, 1.165) is 11.1 Å². The lowest BCUT2D eigenvalue weighted by atomic mass is 9.97. The van der Waals surface area contributed by atoms with Crippen LogP contribution < -0.4 is 9.47 Å². The van der Waals surface area contributed by atoms with E-state index in [2.05, 4.69) is 4.74 Å². The molecule has 0 unspecified atom stereocenters. The highest BCUT2D eigenvalue weighted by Gasteiger charge is 2.24. The minimum atomic E-state index is -3.00. The number of carbonyl (C=O) groups excluding carboxylic acids is 1. The third-order valence-corrected chi connectivity index (χ3v) is 4.38. The maximum Gasteiger partial charge on any atom is 0.387 e. The zero-order valence-corrected chi connectivity index (χ0v) is 14.4. The molecule has 3 rings (SSSR count). The van der Waals surface area contributed by atoms with Gasteiger partial charge >= 0.3 is 12.6 Å². The van der Waals surface area contributed by atoms with Gasteiger partial charge in [0.25, 0.3) is 5.91 Å². The van der Waals surface area contributed by atoms with Gasteiger partial charge in [-0.3, -0.25) is 4.79 Å². The van der Waals surface area contributed by atoms with Crippen molar-refractivity contribution in [1.82, 2.24) is 4.90 Å². The molecule has 27 heavy (non-hydrogen) atoms. The molecule has 2 aromatic rings. The van der Waals surface area contributed by atoms with Crippen LogP contribution in [0.4, 0.5) is 8.78 Å². The number of carboxylic acid groups (broad SMARTS) is 1. The third-order valence-electron chi connectivity index (χ3n) is 4.38. The molecule has 0 aromatic heterocycles. The first-order chi connectivity index (χ1) is 12.9. The summed E-state index contributed by atoms with van der Waals surface area (Å²) in [6, 6.07) is 8.89. The Morgan fingerprint density at radius 1 is 1.07 bits per heavy atom. The third kappa shape index (κ3) is 3.99. The van der Waals surface area contributed by atoms with Crippen LogP contribution >= 0.6 is 0 Å². The minimum absolute atomic E-state index is 0.0340. The van der Waals surface area contributed by atoms with Crippen molar-refractivity contribution in [2.24, 2.45) is 0 Å². The number of fused-ring (bicyclic) bond motifs is 1. The Hall–Kier alpha value is -3.16. The quantitative estimate of drug-likeness (QED) is 0.866. The average Bonchev–Trinajstić information content (AvgIpc) is 2.66. The lowest BCUT2D eigenvalue weighted by molar-refractivity contribution is -0.0512. The van der Waals surface area contributed by atoms with Crippen molar-refractivity contribution in [2.45, 2.75) is 19.6 Å². The molecule has 0 atom stereocenters. The Morgan fingerprint density at radius 3 is 2.48 bits per heavy atom. The van der Waals surface area contributed by atoms with E-state index in [9.17, 15) is 18.4 Å². The van der Waals surface area contributed by atoms with Crippen LogP contribution in [0.15, 0.2) is 36.4 Å². The summed E-state index contributed by atoms with van der Waals surface area (Å²) in [6.45, 7) is -2.26. The summed E-state index contributed by atoms with van der Waals surface area (Å²) in [5, 5.41) is 9.13. The van der Waals surface area contributed by atoms with Crippen LogP contribution in [0.1, 0.15) is 31.8 Å². The number of ether oxygens (including phenoxy) is 2. The first-order valence-corrected chi connectivity index (χ1v) is 8.16. The van der Waals surface area contributed by atoms with Crippen LogP contribution in [0, 0.1) is 0 Å². The Balaban J connectivity index is 1.82. The summed E-state index contributed by atoms with van der Waals surface area (Å²) in [5.41, 5.74) is 2.21. The highest BCUT2D eigenvalue weighted by atomic mass is 19.3. The van der Waals surface area contributed by atoms with Gasteiger partial charge in [-0.25, -0.2) is 4.79 Å². The van der Waals surface area contributed by atoms with E-state index in [1.807, 2.05) is 0 Å². The molecule has 1 heterocycles. The first kappa shape index (κ1) is 18.6.